The van der Waals surface area contributed by atoms with Crippen LogP contribution in [0, 0.1) is 5.41 Å². The van der Waals surface area contributed by atoms with Crippen LogP contribution in [0.15, 0.2) is 30.3 Å². The number of likely N-dealkylation sites (N-methyl/N-ethyl adjacent to an activating group) is 1. The van der Waals surface area contributed by atoms with E-state index in [1.165, 1.54) is 0 Å². The van der Waals surface area contributed by atoms with Crippen molar-refractivity contribution in [2.75, 3.05) is 27.2 Å². The van der Waals surface area contributed by atoms with Gasteiger partial charge in [0.05, 0.1) is 12.6 Å². The third kappa shape index (κ3) is 7.79. The summed E-state index contributed by atoms with van der Waals surface area (Å²) in [5.74, 6) is -0.269. The van der Waals surface area contributed by atoms with Crippen LogP contribution in [-0.4, -0.2) is 43.9 Å². The van der Waals surface area contributed by atoms with Crippen LogP contribution in [0.3, 0.4) is 0 Å². The third-order valence-electron chi connectivity index (χ3n) is 3.44. The maximum Gasteiger partial charge on any atom is 0.239 e. The average Bonchev–Trinajstić information content (AvgIpc) is 2.44. The minimum Gasteiger partial charge on any atom is -0.353 e. The first-order chi connectivity index (χ1) is 10.7. The van der Waals surface area contributed by atoms with Gasteiger partial charge in [-0.15, -0.1) is 0 Å². The molecule has 2 amide bonds. The summed E-state index contributed by atoms with van der Waals surface area (Å²) < 4.78 is 0. The smallest absolute Gasteiger partial charge is 0.239 e. The van der Waals surface area contributed by atoms with Gasteiger partial charge in [0.25, 0.3) is 0 Å². The molecule has 23 heavy (non-hydrogen) atoms. The number of hydrogen-bond donors (Lipinski definition) is 2. The first-order valence-electron chi connectivity index (χ1n) is 7.94. The lowest BCUT2D eigenvalue weighted by atomic mass is 9.92. The Hall–Kier alpha value is -1.88. The molecule has 0 fully saturated rings. The van der Waals surface area contributed by atoms with E-state index in [2.05, 4.69) is 15.5 Å². The van der Waals surface area contributed by atoms with E-state index < -0.39 is 0 Å². The molecular weight excluding hydrogens is 290 g/mol. The lowest BCUT2D eigenvalue weighted by Gasteiger charge is -2.25. The van der Waals surface area contributed by atoms with Crippen LogP contribution in [0.1, 0.15) is 38.8 Å². The van der Waals surface area contributed by atoms with Crippen molar-refractivity contribution >= 4 is 11.8 Å². The number of carbonyl (C=O) groups is 2. The second-order valence-electron chi connectivity index (χ2n) is 7.21. The van der Waals surface area contributed by atoms with Gasteiger partial charge in [0.15, 0.2) is 0 Å². The van der Waals surface area contributed by atoms with Crippen molar-refractivity contribution in [1.29, 1.82) is 0 Å². The fourth-order valence-electron chi connectivity index (χ4n) is 2.27. The molecule has 0 aliphatic heterocycles. The fraction of sp³-hybridized carbons (Fsp3) is 0.556. The van der Waals surface area contributed by atoms with E-state index in [0.717, 1.165) is 5.56 Å². The molecule has 2 N–H and O–H groups in total. The highest BCUT2D eigenvalue weighted by Crippen LogP contribution is 2.18. The zero-order valence-corrected chi connectivity index (χ0v) is 14.8. The van der Waals surface area contributed by atoms with Gasteiger partial charge in [0.2, 0.25) is 11.8 Å². The number of hydrogen-bond acceptors (Lipinski definition) is 3. The normalized spacial score (nSPS) is 12.8. The molecule has 1 aromatic carbocycles. The number of nitrogens with zero attached hydrogens (tertiary/aromatic N) is 1. The van der Waals surface area contributed by atoms with Crippen molar-refractivity contribution in [3.63, 3.8) is 0 Å². The SMILES string of the molecule is CN(C)[C@H](CNC(=O)CNC(=O)CC(C)(C)C)c1ccccc1. The zero-order chi connectivity index (χ0) is 17.5. The minimum atomic E-state index is -0.171. The molecule has 0 unspecified atom stereocenters. The van der Waals surface area contributed by atoms with E-state index in [9.17, 15) is 9.59 Å². The van der Waals surface area contributed by atoms with Crippen LogP contribution >= 0.6 is 0 Å². The van der Waals surface area contributed by atoms with Crippen molar-refractivity contribution in [3.05, 3.63) is 35.9 Å². The second-order valence-corrected chi connectivity index (χ2v) is 7.21. The molecular formula is C18H29N3O2. The van der Waals surface area contributed by atoms with Crippen molar-refractivity contribution in [1.82, 2.24) is 15.5 Å². The highest BCUT2D eigenvalue weighted by Gasteiger charge is 2.17. The van der Waals surface area contributed by atoms with E-state index >= 15 is 0 Å². The quantitative estimate of drug-likeness (QED) is 0.807. The van der Waals surface area contributed by atoms with Gasteiger partial charge in [-0.3, -0.25) is 9.59 Å². The van der Waals surface area contributed by atoms with Crippen LogP contribution < -0.4 is 10.6 Å². The van der Waals surface area contributed by atoms with Crippen molar-refractivity contribution in [2.45, 2.75) is 33.2 Å². The van der Waals surface area contributed by atoms with Crippen LogP contribution in [0.4, 0.5) is 0 Å². The molecule has 5 heteroatoms. The Morgan fingerprint density at radius 2 is 1.65 bits per heavy atom. The summed E-state index contributed by atoms with van der Waals surface area (Å²) in [6.45, 7) is 6.51. The summed E-state index contributed by atoms with van der Waals surface area (Å²) in [5.41, 5.74) is 1.07. The van der Waals surface area contributed by atoms with Gasteiger partial charge in [-0.2, -0.15) is 0 Å². The molecule has 0 aliphatic carbocycles. The molecule has 0 radical (unpaired) electrons. The molecule has 128 valence electrons. The monoisotopic (exact) mass is 319 g/mol. The van der Waals surface area contributed by atoms with Crippen LogP contribution in [0.25, 0.3) is 0 Å². The fourth-order valence-corrected chi connectivity index (χ4v) is 2.27. The third-order valence-corrected chi connectivity index (χ3v) is 3.44. The molecule has 0 saturated heterocycles. The van der Waals surface area contributed by atoms with E-state index in [1.807, 2.05) is 65.2 Å². The molecule has 0 heterocycles. The van der Waals surface area contributed by atoms with E-state index in [4.69, 9.17) is 0 Å². The lowest BCUT2D eigenvalue weighted by Crippen LogP contribution is -2.41. The minimum absolute atomic E-state index is 0.0177. The Labute approximate surface area is 139 Å². The summed E-state index contributed by atoms with van der Waals surface area (Å²) in [6.07, 6.45) is 0.407. The highest BCUT2D eigenvalue weighted by molar-refractivity contribution is 5.84. The zero-order valence-electron chi connectivity index (χ0n) is 14.8. The Kier molecular flexibility index (Phi) is 7.23. The van der Waals surface area contributed by atoms with Crippen LogP contribution in [0.2, 0.25) is 0 Å². The molecule has 0 aliphatic rings. The first kappa shape index (κ1) is 19.2. The van der Waals surface area contributed by atoms with Crippen LogP contribution in [-0.2, 0) is 9.59 Å². The number of rotatable bonds is 7. The summed E-state index contributed by atoms with van der Waals surface area (Å²) in [7, 11) is 3.96. The van der Waals surface area contributed by atoms with Gasteiger partial charge in [0.1, 0.15) is 0 Å². The summed E-state index contributed by atoms with van der Waals surface area (Å²) in [6, 6.07) is 10.1. The number of amides is 2. The Morgan fingerprint density at radius 3 is 2.17 bits per heavy atom. The van der Waals surface area contributed by atoms with Gasteiger partial charge >= 0.3 is 0 Å². The molecule has 1 aromatic rings. The van der Waals surface area contributed by atoms with Gasteiger partial charge in [-0.05, 0) is 25.1 Å². The maximum atomic E-state index is 11.9. The number of nitrogens with one attached hydrogen (secondary N) is 2. The van der Waals surface area contributed by atoms with Crippen molar-refractivity contribution < 1.29 is 9.59 Å². The summed E-state index contributed by atoms with van der Waals surface area (Å²) in [4.78, 5) is 25.7. The predicted molar refractivity (Wildman–Crippen MR) is 93.0 cm³/mol. The van der Waals surface area contributed by atoms with Crippen molar-refractivity contribution in [2.24, 2.45) is 5.41 Å². The molecule has 1 rings (SSSR count). The average molecular weight is 319 g/mol. The first-order valence-corrected chi connectivity index (χ1v) is 7.94. The van der Waals surface area contributed by atoms with Gasteiger partial charge in [0, 0.05) is 13.0 Å². The predicted octanol–water partition coefficient (Wildman–Crippen LogP) is 1.96. The van der Waals surface area contributed by atoms with E-state index in [1.54, 1.807) is 0 Å². The van der Waals surface area contributed by atoms with E-state index in [0.29, 0.717) is 13.0 Å². The Morgan fingerprint density at radius 1 is 1.04 bits per heavy atom. The second kappa shape index (κ2) is 8.67. The molecule has 0 spiro atoms. The molecule has 1 atom stereocenters. The van der Waals surface area contributed by atoms with Crippen LogP contribution in [0.5, 0.6) is 0 Å². The van der Waals surface area contributed by atoms with Gasteiger partial charge in [-0.25, -0.2) is 0 Å². The van der Waals surface area contributed by atoms with E-state index in [-0.39, 0.29) is 29.8 Å². The summed E-state index contributed by atoms with van der Waals surface area (Å²) >= 11 is 0. The topological polar surface area (TPSA) is 61.4 Å². The molecule has 0 saturated carbocycles. The lowest BCUT2D eigenvalue weighted by molar-refractivity contribution is -0.127. The Bertz CT molecular complexity index is 507. The van der Waals surface area contributed by atoms with Gasteiger partial charge in [-0.1, -0.05) is 51.1 Å². The molecule has 0 bridgehead atoms. The number of benzene rings is 1. The number of carbonyl (C=O) groups excluding carboxylic acids is 2. The standard InChI is InChI=1S/C18H29N3O2/c1-18(2,3)11-16(22)20-13-17(23)19-12-15(21(4)5)14-9-7-6-8-10-14/h6-10,15H,11-13H2,1-5H3,(H,19,23)(H,20,22)/t15-/m1/s1. The van der Waals surface area contributed by atoms with Crippen molar-refractivity contribution in [3.8, 4) is 0 Å². The van der Waals surface area contributed by atoms with Gasteiger partial charge < -0.3 is 15.5 Å². The Balaban J connectivity index is 2.43. The largest absolute Gasteiger partial charge is 0.353 e. The molecule has 5 nitrogen and oxygen atoms in total. The highest BCUT2D eigenvalue weighted by atomic mass is 16.2. The maximum absolute atomic E-state index is 11.9. The molecule has 0 aromatic heterocycles. The summed E-state index contributed by atoms with van der Waals surface area (Å²) in [5, 5.41) is 5.55.